The van der Waals surface area contributed by atoms with Gasteiger partial charge in [-0.15, -0.1) is 0 Å². The molecule has 0 aliphatic carbocycles. The number of hydrogen-bond acceptors (Lipinski definition) is 4. The van der Waals surface area contributed by atoms with Gasteiger partial charge < -0.3 is 10.1 Å². The first-order valence-corrected chi connectivity index (χ1v) is 7.82. The molecular formula is C10H12INaO4S. The van der Waals surface area contributed by atoms with Gasteiger partial charge in [0, 0.05) is 4.43 Å². The molecule has 1 aromatic carbocycles. The van der Waals surface area contributed by atoms with Crippen LogP contribution in [0.4, 0.5) is 0 Å². The number of sulfone groups is 1. The van der Waals surface area contributed by atoms with Crippen LogP contribution in [0.5, 0.6) is 0 Å². The van der Waals surface area contributed by atoms with Crippen molar-refractivity contribution in [2.75, 3.05) is 10.2 Å². The maximum atomic E-state index is 11.8. The zero-order valence-electron chi connectivity index (χ0n) is 9.77. The summed E-state index contributed by atoms with van der Waals surface area (Å²) in [4.78, 5) is 4.08. The first-order valence-electron chi connectivity index (χ1n) is 4.64. The van der Waals surface area contributed by atoms with Crippen molar-refractivity contribution in [1.29, 1.82) is 0 Å². The fraction of sp³-hybridized carbons (Fsp3) is 0.400. The van der Waals surface area contributed by atoms with Crippen molar-refractivity contribution in [3.8, 4) is 0 Å². The van der Waals surface area contributed by atoms with Crippen LogP contribution in [0.2, 0.25) is 0 Å². The molecule has 0 unspecified atom stereocenters. The van der Waals surface area contributed by atoms with E-state index in [2.05, 4.69) is 4.89 Å². The Bertz CT molecular complexity index is 461. The van der Waals surface area contributed by atoms with Gasteiger partial charge in [-0.25, -0.2) is 8.42 Å². The van der Waals surface area contributed by atoms with Gasteiger partial charge in [0.2, 0.25) is 0 Å². The molecule has 0 bridgehead atoms. The van der Waals surface area contributed by atoms with Gasteiger partial charge in [0.05, 0.1) is 17.3 Å². The van der Waals surface area contributed by atoms with Gasteiger partial charge in [-0.1, -0.05) is 28.7 Å². The summed E-state index contributed by atoms with van der Waals surface area (Å²) in [6, 6.07) is 4.71. The topological polar surface area (TPSA) is 66.4 Å². The summed E-state index contributed by atoms with van der Waals surface area (Å²) in [5.74, 6) is 0.129. The second-order valence-corrected chi connectivity index (χ2v) is 6.55. The van der Waals surface area contributed by atoms with Gasteiger partial charge in [0.15, 0.2) is 9.84 Å². The third-order valence-electron chi connectivity index (χ3n) is 2.23. The van der Waals surface area contributed by atoms with Gasteiger partial charge in [-0.2, -0.15) is 0 Å². The van der Waals surface area contributed by atoms with E-state index in [-0.39, 0.29) is 41.9 Å². The Morgan fingerprint density at radius 2 is 2.06 bits per heavy atom. The van der Waals surface area contributed by atoms with Crippen molar-refractivity contribution in [2.45, 2.75) is 18.4 Å². The van der Waals surface area contributed by atoms with Gasteiger partial charge in [-0.3, -0.25) is 0 Å². The number of halogens is 1. The van der Waals surface area contributed by atoms with Crippen molar-refractivity contribution >= 4 is 32.4 Å². The Balaban J connectivity index is 0.00000256. The molecule has 0 aliphatic heterocycles. The van der Waals surface area contributed by atoms with E-state index in [4.69, 9.17) is 0 Å². The van der Waals surface area contributed by atoms with Crippen LogP contribution >= 0.6 is 22.6 Å². The molecule has 0 spiro atoms. The summed E-state index contributed by atoms with van der Waals surface area (Å²) in [6.07, 6.45) is 0. The molecule has 0 heterocycles. The van der Waals surface area contributed by atoms with Crippen molar-refractivity contribution in [2.24, 2.45) is 0 Å². The summed E-state index contributed by atoms with van der Waals surface area (Å²) in [5.41, 5.74) is 1.47. The first kappa shape index (κ1) is 17.8. The molecule has 90 valence electrons. The minimum Gasteiger partial charge on any atom is -0.723 e. The molecule has 0 aromatic heterocycles. The normalized spacial score (nSPS) is 11.0. The number of alkyl halides is 1. The molecule has 0 N–H and O–H groups in total. The van der Waals surface area contributed by atoms with Gasteiger partial charge >= 0.3 is 29.6 Å². The number of benzene rings is 1. The van der Waals surface area contributed by atoms with E-state index >= 15 is 0 Å². The van der Waals surface area contributed by atoms with Crippen LogP contribution in [-0.2, 0) is 21.3 Å². The molecular weight excluding hydrogens is 366 g/mol. The van der Waals surface area contributed by atoms with E-state index < -0.39 is 9.84 Å². The van der Waals surface area contributed by atoms with Gasteiger partial charge in [-0.05, 0) is 30.2 Å². The number of aryl methyl sites for hydroxylation is 1. The summed E-state index contributed by atoms with van der Waals surface area (Å²) < 4.78 is 24.1. The summed E-state index contributed by atoms with van der Waals surface area (Å²) >= 11 is 2.03. The molecule has 0 aliphatic rings. The molecule has 4 nitrogen and oxygen atoms in total. The zero-order chi connectivity index (χ0) is 12.2. The third-order valence-corrected chi connectivity index (χ3v) is 5.22. The predicted molar refractivity (Wildman–Crippen MR) is 66.9 cm³/mol. The Hall–Kier alpha value is 0.820. The van der Waals surface area contributed by atoms with E-state index in [1.807, 2.05) is 22.6 Å². The zero-order valence-corrected chi connectivity index (χ0v) is 14.7. The van der Waals surface area contributed by atoms with Crippen molar-refractivity contribution < 1.29 is 48.1 Å². The van der Waals surface area contributed by atoms with E-state index in [1.54, 1.807) is 19.1 Å². The molecule has 0 atom stereocenters. The number of hydrogen-bond donors (Lipinski definition) is 0. The van der Waals surface area contributed by atoms with Crippen LogP contribution < -0.4 is 34.8 Å². The van der Waals surface area contributed by atoms with Crippen LogP contribution in [0.25, 0.3) is 0 Å². The summed E-state index contributed by atoms with van der Waals surface area (Å²) in [6.45, 7) is 1.72. The summed E-state index contributed by atoms with van der Waals surface area (Å²) in [5, 5.41) is 10.0. The Kier molecular flexibility index (Phi) is 8.47. The van der Waals surface area contributed by atoms with Gasteiger partial charge in [0.25, 0.3) is 0 Å². The molecule has 1 rings (SSSR count). The minimum atomic E-state index is -3.19. The van der Waals surface area contributed by atoms with Gasteiger partial charge in [0.1, 0.15) is 0 Å². The average Bonchev–Trinajstić information content (AvgIpc) is 2.21. The second kappa shape index (κ2) is 8.08. The minimum absolute atomic E-state index is 0. The third kappa shape index (κ3) is 5.14. The van der Waals surface area contributed by atoms with Crippen molar-refractivity contribution in [3.63, 3.8) is 0 Å². The summed E-state index contributed by atoms with van der Waals surface area (Å²) in [7, 11) is -3.19. The SMILES string of the molecule is Cc1cc(S(=O)(=O)CCI)ccc1CO[O-].[Na+]. The van der Waals surface area contributed by atoms with Crippen molar-refractivity contribution in [3.05, 3.63) is 29.3 Å². The molecule has 7 heteroatoms. The molecule has 0 saturated heterocycles. The maximum absolute atomic E-state index is 11.8. The molecule has 1 aromatic rings. The molecule has 0 saturated carbocycles. The van der Waals surface area contributed by atoms with E-state index in [0.29, 0.717) is 14.9 Å². The monoisotopic (exact) mass is 378 g/mol. The fourth-order valence-corrected chi connectivity index (χ4v) is 4.12. The first-order chi connectivity index (χ1) is 7.51. The van der Waals surface area contributed by atoms with Crippen molar-refractivity contribution in [1.82, 2.24) is 0 Å². The van der Waals surface area contributed by atoms with E-state index in [1.165, 1.54) is 6.07 Å². The van der Waals surface area contributed by atoms with Crippen LogP contribution in [0, 0.1) is 6.92 Å². The smallest absolute Gasteiger partial charge is 0.723 e. The van der Waals surface area contributed by atoms with Crippen LogP contribution in [0.15, 0.2) is 23.1 Å². The van der Waals surface area contributed by atoms with Crippen LogP contribution in [-0.4, -0.2) is 18.6 Å². The number of rotatable bonds is 5. The van der Waals surface area contributed by atoms with E-state index in [0.717, 1.165) is 5.56 Å². The van der Waals surface area contributed by atoms with E-state index in [9.17, 15) is 13.7 Å². The molecule has 0 radical (unpaired) electrons. The standard InChI is InChI=1S/C10H13IO4S.Na/c1-8-6-10(16(13,14)5-4-11)3-2-9(8)7-15-12;/h2-3,6,12H,4-5,7H2,1H3;/q;+1/p-1. The predicted octanol–water partition coefficient (Wildman–Crippen LogP) is -2.00. The Morgan fingerprint density at radius 3 is 2.53 bits per heavy atom. The Morgan fingerprint density at radius 1 is 1.41 bits per heavy atom. The maximum Gasteiger partial charge on any atom is 1.00 e. The second-order valence-electron chi connectivity index (χ2n) is 3.36. The quantitative estimate of drug-likeness (QED) is 0.196. The largest absolute Gasteiger partial charge is 1.00 e. The van der Waals surface area contributed by atoms with Crippen LogP contribution in [0.1, 0.15) is 11.1 Å². The molecule has 17 heavy (non-hydrogen) atoms. The molecule has 0 fully saturated rings. The fourth-order valence-electron chi connectivity index (χ4n) is 1.31. The average molecular weight is 378 g/mol. The van der Waals surface area contributed by atoms with Crippen LogP contribution in [0.3, 0.4) is 0 Å². The molecule has 0 amide bonds. The Labute approximate surface area is 137 Å².